The second kappa shape index (κ2) is 2.23. The molecule has 2 bridgehead atoms. The van der Waals surface area contributed by atoms with E-state index in [9.17, 15) is 4.79 Å². The molecule has 0 aromatic carbocycles. The minimum Gasteiger partial charge on any atom is -0.464 e. The molecule has 56 valence electrons. The highest BCUT2D eigenvalue weighted by molar-refractivity contribution is 5.73. The van der Waals surface area contributed by atoms with Gasteiger partial charge in [-0.2, -0.15) is 0 Å². The molecule has 3 nitrogen and oxygen atoms in total. The van der Waals surface area contributed by atoms with Gasteiger partial charge in [0.1, 0.15) is 6.61 Å². The number of carbonyl (C=O) groups is 1. The van der Waals surface area contributed by atoms with Gasteiger partial charge >= 0.3 is 5.97 Å². The first kappa shape index (κ1) is 6.16. The van der Waals surface area contributed by atoms with Crippen molar-refractivity contribution in [3.63, 3.8) is 0 Å². The van der Waals surface area contributed by atoms with Gasteiger partial charge in [0.25, 0.3) is 0 Å². The molecule has 0 aliphatic carbocycles. The Bertz CT molecular complexity index is 158. The minimum atomic E-state index is 0.0118. The van der Waals surface area contributed by atoms with Crippen LogP contribution >= 0.6 is 0 Å². The van der Waals surface area contributed by atoms with Gasteiger partial charge in [0.15, 0.2) is 0 Å². The van der Waals surface area contributed by atoms with E-state index in [1.165, 1.54) is 0 Å². The summed E-state index contributed by atoms with van der Waals surface area (Å²) in [4.78, 5) is 11.0. The van der Waals surface area contributed by atoms with Crippen LogP contribution in [-0.2, 0) is 9.53 Å². The molecule has 0 saturated carbocycles. The number of hydrogen-bond donors (Lipinski definition) is 1. The zero-order chi connectivity index (χ0) is 6.97. The summed E-state index contributed by atoms with van der Waals surface area (Å²) in [6.07, 6.45) is 1.94. The molecular weight excluding hydrogens is 130 g/mol. The van der Waals surface area contributed by atoms with Crippen molar-refractivity contribution in [2.45, 2.75) is 18.9 Å². The molecule has 3 heteroatoms. The Morgan fingerprint density at radius 1 is 1.60 bits per heavy atom. The van der Waals surface area contributed by atoms with Crippen molar-refractivity contribution in [3.05, 3.63) is 0 Å². The highest BCUT2D eigenvalue weighted by Crippen LogP contribution is 2.22. The summed E-state index contributed by atoms with van der Waals surface area (Å²) in [6.45, 7) is 1.56. The van der Waals surface area contributed by atoms with E-state index >= 15 is 0 Å². The minimum absolute atomic E-state index is 0.0118. The largest absolute Gasteiger partial charge is 0.464 e. The Kier molecular flexibility index (Phi) is 1.38. The van der Waals surface area contributed by atoms with Crippen molar-refractivity contribution in [2.75, 3.05) is 13.2 Å². The normalized spacial score (nSPS) is 39.0. The Labute approximate surface area is 59.7 Å². The first-order valence-electron chi connectivity index (χ1n) is 3.76. The number of carbonyl (C=O) groups excluding carboxylic acids is 1. The molecular formula is C7H11NO2. The van der Waals surface area contributed by atoms with Crippen LogP contribution in [0.1, 0.15) is 12.8 Å². The van der Waals surface area contributed by atoms with E-state index in [4.69, 9.17) is 4.74 Å². The fourth-order valence-electron chi connectivity index (χ4n) is 1.65. The number of esters is 1. The average molecular weight is 141 g/mol. The summed E-state index contributed by atoms with van der Waals surface area (Å²) < 4.78 is 4.94. The van der Waals surface area contributed by atoms with Crippen LogP contribution in [0.3, 0.4) is 0 Å². The number of ether oxygens (including phenoxy) is 1. The summed E-state index contributed by atoms with van der Waals surface area (Å²) in [7, 11) is 0. The van der Waals surface area contributed by atoms with E-state index in [0.717, 1.165) is 19.4 Å². The lowest BCUT2D eigenvalue weighted by molar-refractivity contribution is -0.156. The van der Waals surface area contributed by atoms with E-state index in [-0.39, 0.29) is 11.9 Å². The number of rotatable bonds is 0. The molecule has 0 amide bonds. The van der Waals surface area contributed by atoms with Gasteiger partial charge in [-0.05, 0) is 19.4 Å². The Morgan fingerprint density at radius 3 is 3.30 bits per heavy atom. The van der Waals surface area contributed by atoms with Crippen LogP contribution in [0, 0.1) is 5.92 Å². The fraction of sp³-hybridized carbons (Fsp3) is 0.857. The summed E-state index contributed by atoms with van der Waals surface area (Å²) >= 11 is 0. The quantitative estimate of drug-likeness (QED) is 0.479. The van der Waals surface area contributed by atoms with Gasteiger partial charge in [0, 0.05) is 6.04 Å². The van der Waals surface area contributed by atoms with Crippen molar-refractivity contribution in [3.8, 4) is 0 Å². The van der Waals surface area contributed by atoms with Gasteiger partial charge in [-0.25, -0.2) is 0 Å². The van der Waals surface area contributed by atoms with E-state index < -0.39 is 0 Å². The lowest BCUT2D eigenvalue weighted by atomic mass is 9.91. The molecule has 2 heterocycles. The van der Waals surface area contributed by atoms with Gasteiger partial charge in [-0.1, -0.05) is 0 Å². The third-order valence-electron chi connectivity index (χ3n) is 2.25. The fourth-order valence-corrected chi connectivity index (χ4v) is 1.65. The SMILES string of the molecule is O=C1OCC2CC1CCN2. The number of piperidine rings is 1. The van der Waals surface area contributed by atoms with E-state index in [1.807, 2.05) is 0 Å². The van der Waals surface area contributed by atoms with Crippen molar-refractivity contribution in [1.82, 2.24) is 5.32 Å². The lowest BCUT2D eigenvalue weighted by Crippen LogP contribution is -2.48. The maximum absolute atomic E-state index is 11.0. The monoisotopic (exact) mass is 141 g/mol. The van der Waals surface area contributed by atoms with Crippen LogP contribution in [-0.4, -0.2) is 25.2 Å². The van der Waals surface area contributed by atoms with Crippen molar-refractivity contribution in [1.29, 1.82) is 0 Å². The Hall–Kier alpha value is -0.570. The molecule has 0 aromatic heterocycles. The van der Waals surface area contributed by atoms with Gasteiger partial charge in [-0.3, -0.25) is 4.79 Å². The molecule has 10 heavy (non-hydrogen) atoms. The lowest BCUT2D eigenvalue weighted by Gasteiger charge is -2.33. The zero-order valence-corrected chi connectivity index (χ0v) is 5.80. The number of nitrogens with one attached hydrogen (secondary N) is 1. The third-order valence-corrected chi connectivity index (χ3v) is 2.25. The summed E-state index contributed by atoms with van der Waals surface area (Å²) in [6, 6.07) is 0.441. The van der Waals surface area contributed by atoms with Crippen molar-refractivity contribution in [2.24, 2.45) is 5.92 Å². The molecule has 0 spiro atoms. The molecule has 1 N–H and O–H groups in total. The highest BCUT2D eigenvalue weighted by atomic mass is 16.5. The molecule has 2 saturated heterocycles. The first-order valence-corrected chi connectivity index (χ1v) is 3.76. The number of hydrogen-bond acceptors (Lipinski definition) is 3. The molecule has 2 atom stereocenters. The molecule has 2 aliphatic heterocycles. The molecule has 0 radical (unpaired) electrons. The van der Waals surface area contributed by atoms with Crippen molar-refractivity contribution < 1.29 is 9.53 Å². The van der Waals surface area contributed by atoms with Crippen LogP contribution in [0.15, 0.2) is 0 Å². The van der Waals surface area contributed by atoms with Gasteiger partial charge < -0.3 is 10.1 Å². The van der Waals surface area contributed by atoms with E-state index in [0.29, 0.717) is 12.6 Å². The van der Waals surface area contributed by atoms with E-state index in [2.05, 4.69) is 5.32 Å². The summed E-state index contributed by atoms with van der Waals surface area (Å²) in [5, 5.41) is 3.29. The van der Waals surface area contributed by atoms with Crippen molar-refractivity contribution >= 4 is 5.97 Å². The van der Waals surface area contributed by atoms with Gasteiger partial charge in [0.2, 0.25) is 0 Å². The van der Waals surface area contributed by atoms with Crippen LogP contribution in [0.25, 0.3) is 0 Å². The standard InChI is InChI=1S/C7H11NO2/c9-7-5-1-2-8-6(3-5)4-10-7/h5-6,8H,1-4H2. The average Bonchev–Trinajstić information content (AvgIpc) is 1.99. The van der Waals surface area contributed by atoms with Crippen LogP contribution < -0.4 is 5.32 Å². The zero-order valence-electron chi connectivity index (χ0n) is 5.80. The first-order chi connectivity index (χ1) is 4.86. The number of cyclic esters (lactones) is 1. The van der Waals surface area contributed by atoms with Crippen LogP contribution in [0.2, 0.25) is 0 Å². The predicted octanol–water partition coefficient (Wildman–Crippen LogP) is -0.0886. The molecule has 2 rings (SSSR count). The predicted molar refractivity (Wildman–Crippen MR) is 35.5 cm³/mol. The smallest absolute Gasteiger partial charge is 0.309 e. The van der Waals surface area contributed by atoms with Crippen LogP contribution in [0.5, 0.6) is 0 Å². The summed E-state index contributed by atoms with van der Waals surface area (Å²) in [5.41, 5.74) is 0. The summed E-state index contributed by atoms with van der Waals surface area (Å²) in [5.74, 6) is 0.206. The van der Waals surface area contributed by atoms with Crippen LogP contribution in [0.4, 0.5) is 0 Å². The number of fused-ring (bicyclic) bond motifs is 2. The second-order valence-electron chi connectivity index (χ2n) is 3.00. The second-order valence-corrected chi connectivity index (χ2v) is 3.00. The Morgan fingerprint density at radius 2 is 2.50 bits per heavy atom. The van der Waals surface area contributed by atoms with E-state index in [1.54, 1.807) is 0 Å². The third kappa shape index (κ3) is 0.904. The molecule has 2 aliphatic rings. The topological polar surface area (TPSA) is 38.3 Å². The maximum Gasteiger partial charge on any atom is 0.309 e. The maximum atomic E-state index is 11.0. The highest BCUT2D eigenvalue weighted by Gasteiger charge is 2.32. The molecule has 2 unspecified atom stereocenters. The van der Waals surface area contributed by atoms with Gasteiger partial charge in [0.05, 0.1) is 5.92 Å². The Balaban J connectivity index is 2.07. The molecule has 2 fully saturated rings. The van der Waals surface area contributed by atoms with Gasteiger partial charge in [-0.15, -0.1) is 0 Å². The molecule has 0 aromatic rings.